The van der Waals surface area contributed by atoms with Crippen LogP contribution in [0.1, 0.15) is 24.1 Å². The molecule has 0 aromatic heterocycles. The number of hydrogen-bond acceptors (Lipinski definition) is 3. The van der Waals surface area contributed by atoms with Crippen molar-refractivity contribution in [2.24, 2.45) is 5.73 Å². The standard InChI is InChI=1S/C10H15NOS/c1-6-4-9(12)8(7(2)11)5-10(6)13-3/h4-5,7,12H,11H2,1-3H3/t7-/m1/s1. The Balaban J connectivity index is 3.22. The zero-order valence-corrected chi connectivity index (χ0v) is 8.98. The number of hydrogen-bond donors (Lipinski definition) is 2. The lowest BCUT2D eigenvalue weighted by molar-refractivity contribution is 0.462. The molecular formula is C10H15NOS. The lowest BCUT2D eigenvalue weighted by atomic mass is 10.1. The summed E-state index contributed by atoms with van der Waals surface area (Å²) in [5, 5.41) is 9.59. The Bertz CT molecular complexity index is 310. The van der Waals surface area contributed by atoms with Gasteiger partial charge in [0.1, 0.15) is 5.75 Å². The molecule has 1 aromatic carbocycles. The van der Waals surface area contributed by atoms with E-state index in [-0.39, 0.29) is 6.04 Å². The van der Waals surface area contributed by atoms with Crippen LogP contribution >= 0.6 is 11.8 Å². The molecule has 0 amide bonds. The monoisotopic (exact) mass is 197 g/mol. The Morgan fingerprint density at radius 1 is 1.46 bits per heavy atom. The van der Waals surface area contributed by atoms with Crippen LogP contribution in [-0.4, -0.2) is 11.4 Å². The minimum atomic E-state index is -0.119. The molecule has 13 heavy (non-hydrogen) atoms. The fraction of sp³-hybridized carbons (Fsp3) is 0.400. The number of nitrogens with two attached hydrogens (primary N) is 1. The van der Waals surface area contributed by atoms with Gasteiger partial charge in [-0.25, -0.2) is 0 Å². The van der Waals surface area contributed by atoms with E-state index < -0.39 is 0 Å². The van der Waals surface area contributed by atoms with Crippen molar-refractivity contribution in [3.8, 4) is 5.75 Å². The maximum atomic E-state index is 9.59. The van der Waals surface area contributed by atoms with E-state index in [1.54, 1.807) is 17.8 Å². The number of benzene rings is 1. The van der Waals surface area contributed by atoms with Crippen molar-refractivity contribution >= 4 is 11.8 Å². The first-order valence-corrected chi connectivity index (χ1v) is 5.41. The van der Waals surface area contributed by atoms with Crippen LogP contribution in [0.5, 0.6) is 5.75 Å². The topological polar surface area (TPSA) is 46.2 Å². The maximum absolute atomic E-state index is 9.59. The fourth-order valence-corrected chi connectivity index (χ4v) is 1.90. The molecule has 0 fully saturated rings. The molecule has 2 nitrogen and oxygen atoms in total. The van der Waals surface area contributed by atoms with Crippen molar-refractivity contribution in [1.82, 2.24) is 0 Å². The van der Waals surface area contributed by atoms with Crippen LogP contribution in [0.4, 0.5) is 0 Å². The van der Waals surface area contributed by atoms with Crippen LogP contribution in [0.2, 0.25) is 0 Å². The highest BCUT2D eigenvalue weighted by Gasteiger charge is 2.09. The molecule has 0 aliphatic carbocycles. The zero-order valence-electron chi connectivity index (χ0n) is 8.16. The first kappa shape index (κ1) is 10.4. The molecule has 1 aromatic rings. The molecule has 0 saturated heterocycles. The Kier molecular flexibility index (Phi) is 3.22. The molecule has 0 aliphatic heterocycles. The summed E-state index contributed by atoms with van der Waals surface area (Å²) in [6, 6.07) is 3.61. The minimum Gasteiger partial charge on any atom is -0.508 e. The van der Waals surface area contributed by atoms with Crippen LogP contribution in [0.3, 0.4) is 0 Å². The second-order valence-corrected chi connectivity index (χ2v) is 4.02. The highest BCUT2D eigenvalue weighted by Crippen LogP contribution is 2.30. The Morgan fingerprint density at radius 3 is 2.54 bits per heavy atom. The first-order chi connectivity index (χ1) is 6.06. The van der Waals surface area contributed by atoms with Gasteiger partial charge in [0, 0.05) is 16.5 Å². The van der Waals surface area contributed by atoms with Gasteiger partial charge < -0.3 is 10.8 Å². The predicted octanol–water partition coefficient (Wildman–Crippen LogP) is 2.44. The second kappa shape index (κ2) is 4.03. The smallest absolute Gasteiger partial charge is 0.120 e. The molecule has 0 saturated carbocycles. The third-order valence-corrected chi connectivity index (χ3v) is 2.91. The van der Waals surface area contributed by atoms with Gasteiger partial charge in [0.2, 0.25) is 0 Å². The average Bonchev–Trinajstić information content (AvgIpc) is 2.03. The summed E-state index contributed by atoms with van der Waals surface area (Å²) in [5.41, 5.74) is 7.63. The molecule has 0 radical (unpaired) electrons. The van der Waals surface area contributed by atoms with Crippen molar-refractivity contribution in [2.75, 3.05) is 6.26 Å². The van der Waals surface area contributed by atoms with Crippen LogP contribution in [0.15, 0.2) is 17.0 Å². The highest BCUT2D eigenvalue weighted by molar-refractivity contribution is 7.98. The van der Waals surface area contributed by atoms with Gasteiger partial charge in [-0.2, -0.15) is 0 Å². The quantitative estimate of drug-likeness (QED) is 0.716. The molecule has 0 aliphatic rings. The lowest BCUT2D eigenvalue weighted by Gasteiger charge is -2.11. The molecule has 3 heteroatoms. The van der Waals surface area contributed by atoms with Gasteiger partial charge in [0.05, 0.1) is 0 Å². The van der Waals surface area contributed by atoms with Gasteiger partial charge in [-0.05, 0) is 37.8 Å². The van der Waals surface area contributed by atoms with E-state index in [0.717, 1.165) is 11.1 Å². The zero-order chi connectivity index (χ0) is 10.0. The summed E-state index contributed by atoms with van der Waals surface area (Å²) >= 11 is 1.67. The van der Waals surface area contributed by atoms with Crippen molar-refractivity contribution in [2.45, 2.75) is 24.8 Å². The normalized spacial score (nSPS) is 12.9. The molecule has 1 atom stereocenters. The Morgan fingerprint density at radius 2 is 2.08 bits per heavy atom. The lowest BCUT2D eigenvalue weighted by Crippen LogP contribution is -2.05. The molecule has 0 spiro atoms. The number of aromatic hydroxyl groups is 1. The van der Waals surface area contributed by atoms with Crippen molar-refractivity contribution in [3.05, 3.63) is 23.3 Å². The van der Waals surface area contributed by atoms with E-state index in [4.69, 9.17) is 5.73 Å². The largest absolute Gasteiger partial charge is 0.508 e. The minimum absolute atomic E-state index is 0.119. The number of thioether (sulfide) groups is 1. The molecular weight excluding hydrogens is 182 g/mol. The van der Waals surface area contributed by atoms with Gasteiger partial charge in [0.15, 0.2) is 0 Å². The molecule has 72 valence electrons. The van der Waals surface area contributed by atoms with Crippen molar-refractivity contribution in [3.63, 3.8) is 0 Å². The molecule has 0 heterocycles. The molecule has 1 rings (SSSR count). The predicted molar refractivity (Wildman–Crippen MR) is 57.2 cm³/mol. The summed E-state index contributed by atoms with van der Waals surface area (Å²) in [6.45, 7) is 3.85. The molecule has 0 unspecified atom stereocenters. The van der Waals surface area contributed by atoms with Crippen molar-refractivity contribution < 1.29 is 5.11 Å². The van der Waals surface area contributed by atoms with Crippen LogP contribution < -0.4 is 5.73 Å². The Labute approximate surface area is 83.1 Å². The third kappa shape index (κ3) is 2.17. The fourth-order valence-electron chi connectivity index (χ4n) is 1.27. The molecule has 0 bridgehead atoms. The number of phenols is 1. The van der Waals surface area contributed by atoms with Gasteiger partial charge in [0.25, 0.3) is 0 Å². The third-order valence-electron chi connectivity index (χ3n) is 2.03. The number of rotatable bonds is 2. The number of aryl methyl sites for hydroxylation is 1. The summed E-state index contributed by atoms with van der Waals surface area (Å²) in [7, 11) is 0. The average molecular weight is 197 g/mol. The summed E-state index contributed by atoms with van der Waals surface area (Å²) < 4.78 is 0. The van der Waals surface area contributed by atoms with Gasteiger partial charge in [-0.3, -0.25) is 0 Å². The summed E-state index contributed by atoms with van der Waals surface area (Å²) in [4.78, 5) is 1.17. The second-order valence-electron chi connectivity index (χ2n) is 3.17. The Hall–Kier alpha value is -0.670. The van der Waals surface area contributed by atoms with E-state index in [9.17, 15) is 5.11 Å². The van der Waals surface area contributed by atoms with E-state index in [0.29, 0.717) is 5.75 Å². The number of phenolic OH excluding ortho intramolecular Hbond substituents is 1. The maximum Gasteiger partial charge on any atom is 0.120 e. The van der Waals surface area contributed by atoms with Crippen LogP contribution in [0.25, 0.3) is 0 Å². The van der Waals surface area contributed by atoms with Gasteiger partial charge >= 0.3 is 0 Å². The van der Waals surface area contributed by atoms with Gasteiger partial charge in [-0.15, -0.1) is 11.8 Å². The summed E-state index contributed by atoms with van der Waals surface area (Å²) in [5.74, 6) is 0.297. The van der Waals surface area contributed by atoms with E-state index in [1.165, 1.54) is 4.90 Å². The van der Waals surface area contributed by atoms with Crippen LogP contribution in [0, 0.1) is 6.92 Å². The van der Waals surface area contributed by atoms with Crippen molar-refractivity contribution in [1.29, 1.82) is 0 Å². The first-order valence-electron chi connectivity index (χ1n) is 4.19. The summed E-state index contributed by atoms with van der Waals surface area (Å²) in [6.07, 6.45) is 2.02. The molecule has 3 N–H and O–H groups in total. The van der Waals surface area contributed by atoms with Crippen LogP contribution in [-0.2, 0) is 0 Å². The highest BCUT2D eigenvalue weighted by atomic mass is 32.2. The SMILES string of the molecule is CSc1cc([C@@H](C)N)c(O)cc1C. The van der Waals surface area contributed by atoms with E-state index >= 15 is 0 Å². The van der Waals surface area contributed by atoms with E-state index in [1.807, 2.05) is 26.2 Å². The van der Waals surface area contributed by atoms with Gasteiger partial charge in [-0.1, -0.05) is 0 Å². The van der Waals surface area contributed by atoms with E-state index in [2.05, 4.69) is 0 Å².